The van der Waals surface area contributed by atoms with E-state index in [0.717, 1.165) is 24.0 Å². The molecule has 0 spiro atoms. The van der Waals surface area contributed by atoms with E-state index in [1.807, 2.05) is 0 Å². The second-order valence-corrected chi connectivity index (χ2v) is 6.36. The van der Waals surface area contributed by atoms with Crippen molar-refractivity contribution in [2.45, 2.75) is 38.6 Å². The van der Waals surface area contributed by atoms with Gasteiger partial charge < -0.3 is 4.90 Å². The molecule has 0 heterocycles. The average molecular weight is 311 g/mol. The molecule has 3 rings (SSSR count). The smallest absolute Gasteiger partial charge is 0.227 e. The predicted octanol–water partition coefficient (Wildman–Crippen LogP) is 3.91. The monoisotopic (exact) mass is 311 g/mol. The van der Waals surface area contributed by atoms with Crippen molar-refractivity contribution in [3.63, 3.8) is 0 Å². The van der Waals surface area contributed by atoms with Gasteiger partial charge in [0.1, 0.15) is 5.82 Å². The van der Waals surface area contributed by atoms with Crippen molar-refractivity contribution in [3.05, 3.63) is 70.5 Å². The second-order valence-electron chi connectivity index (χ2n) is 6.36. The fraction of sp³-hybridized carbons (Fsp3) is 0.350. The Balaban J connectivity index is 1.63. The number of hydrogen-bond acceptors (Lipinski definition) is 1. The van der Waals surface area contributed by atoms with Crippen LogP contribution in [-0.2, 0) is 30.6 Å². The van der Waals surface area contributed by atoms with Crippen molar-refractivity contribution >= 4 is 5.91 Å². The van der Waals surface area contributed by atoms with Crippen LogP contribution in [0.1, 0.15) is 35.1 Å². The average Bonchev–Trinajstić information content (AvgIpc) is 2.56. The van der Waals surface area contributed by atoms with Crippen molar-refractivity contribution in [3.8, 4) is 0 Å². The lowest BCUT2D eigenvalue weighted by Crippen LogP contribution is -2.27. The van der Waals surface area contributed by atoms with Gasteiger partial charge in [-0.15, -0.1) is 0 Å². The second kappa shape index (κ2) is 6.95. The number of rotatable bonds is 4. The lowest BCUT2D eigenvalue weighted by atomic mass is 9.90. The fourth-order valence-electron chi connectivity index (χ4n) is 3.16. The Labute approximate surface area is 136 Å². The molecule has 0 N–H and O–H groups in total. The standard InChI is InChI=1S/C20H22FNO/c1-22(14-15-7-10-19(21)11-8-15)20(23)13-16-6-9-17-4-2-3-5-18(17)12-16/h6-12H,2-5,13-14H2,1H3. The number of carbonyl (C=O) groups is 1. The molecule has 0 bridgehead atoms. The molecule has 23 heavy (non-hydrogen) atoms. The third kappa shape index (κ3) is 3.98. The minimum Gasteiger partial charge on any atom is -0.341 e. The summed E-state index contributed by atoms with van der Waals surface area (Å²) in [5.74, 6) is -0.165. The Morgan fingerprint density at radius 1 is 1.00 bits per heavy atom. The zero-order chi connectivity index (χ0) is 16.2. The van der Waals surface area contributed by atoms with Gasteiger partial charge in [0.15, 0.2) is 0 Å². The van der Waals surface area contributed by atoms with Crippen LogP contribution >= 0.6 is 0 Å². The van der Waals surface area contributed by atoms with E-state index >= 15 is 0 Å². The SMILES string of the molecule is CN(Cc1ccc(F)cc1)C(=O)Cc1ccc2c(c1)CCCC2. The number of likely N-dealkylation sites (N-methyl/N-ethyl adjacent to an activating group) is 1. The molecule has 0 saturated heterocycles. The maximum absolute atomic E-state index is 12.9. The number of carbonyl (C=O) groups excluding carboxylic acids is 1. The van der Waals surface area contributed by atoms with Gasteiger partial charge in [-0.1, -0.05) is 30.3 Å². The Morgan fingerprint density at radius 3 is 2.39 bits per heavy atom. The lowest BCUT2D eigenvalue weighted by Gasteiger charge is -2.19. The van der Waals surface area contributed by atoms with Crippen LogP contribution in [0.2, 0.25) is 0 Å². The summed E-state index contributed by atoms with van der Waals surface area (Å²) in [6.45, 7) is 0.504. The summed E-state index contributed by atoms with van der Waals surface area (Å²) in [7, 11) is 1.80. The van der Waals surface area contributed by atoms with Gasteiger partial charge in [-0.3, -0.25) is 4.79 Å². The first kappa shape index (κ1) is 15.7. The Morgan fingerprint density at radius 2 is 1.65 bits per heavy atom. The molecule has 1 aliphatic carbocycles. The molecule has 0 atom stereocenters. The number of amides is 1. The van der Waals surface area contributed by atoms with E-state index in [4.69, 9.17) is 0 Å². The normalized spacial score (nSPS) is 13.5. The highest BCUT2D eigenvalue weighted by atomic mass is 19.1. The van der Waals surface area contributed by atoms with Crippen LogP contribution in [0.3, 0.4) is 0 Å². The van der Waals surface area contributed by atoms with Crippen molar-refractivity contribution < 1.29 is 9.18 Å². The lowest BCUT2D eigenvalue weighted by molar-refractivity contribution is -0.129. The van der Waals surface area contributed by atoms with Gasteiger partial charge in [-0.25, -0.2) is 4.39 Å². The highest BCUT2D eigenvalue weighted by Gasteiger charge is 2.13. The summed E-state index contributed by atoms with van der Waals surface area (Å²) < 4.78 is 12.9. The Hall–Kier alpha value is -2.16. The van der Waals surface area contributed by atoms with Gasteiger partial charge in [0.05, 0.1) is 6.42 Å². The molecule has 2 aromatic rings. The first-order chi connectivity index (χ1) is 11.1. The molecule has 0 saturated carbocycles. The summed E-state index contributed by atoms with van der Waals surface area (Å²) >= 11 is 0. The van der Waals surface area contributed by atoms with Gasteiger partial charge >= 0.3 is 0 Å². The highest BCUT2D eigenvalue weighted by molar-refractivity contribution is 5.78. The first-order valence-electron chi connectivity index (χ1n) is 8.21. The van der Waals surface area contributed by atoms with Crippen LogP contribution in [0.15, 0.2) is 42.5 Å². The predicted molar refractivity (Wildman–Crippen MR) is 89.7 cm³/mol. The third-order valence-electron chi connectivity index (χ3n) is 4.53. The number of benzene rings is 2. The van der Waals surface area contributed by atoms with E-state index in [2.05, 4.69) is 18.2 Å². The zero-order valence-electron chi connectivity index (χ0n) is 13.5. The maximum Gasteiger partial charge on any atom is 0.227 e. The molecule has 0 aromatic heterocycles. The van der Waals surface area contributed by atoms with Crippen LogP contribution < -0.4 is 0 Å². The molecule has 1 amide bonds. The summed E-state index contributed by atoms with van der Waals surface area (Å²) in [5.41, 5.74) is 4.86. The molecule has 2 nitrogen and oxygen atoms in total. The van der Waals surface area contributed by atoms with E-state index in [1.54, 1.807) is 24.1 Å². The molecule has 0 radical (unpaired) electrons. The largest absolute Gasteiger partial charge is 0.341 e. The van der Waals surface area contributed by atoms with Crippen molar-refractivity contribution in [1.82, 2.24) is 4.90 Å². The zero-order valence-corrected chi connectivity index (χ0v) is 13.5. The minimum atomic E-state index is -0.253. The summed E-state index contributed by atoms with van der Waals surface area (Å²) in [6, 6.07) is 12.7. The van der Waals surface area contributed by atoms with Crippen molar-refractivity contribution in [1.29, 1.82) is 0 Å². The van der Waals surface area contributed by atoms with Gasteiger partial charge in [0.2, 0.25) is 5.91 Å². The third-order valence-corrected chi connectivity index (χ3v) is 4.53. The fourth-order valence-corrected chi connectivity index (χ4v) is 3.16. The number of aryl methyl sites for hydroxylation is 2. The quantitative estimate of drug-likeness (QED) is 0.838. The van der Waals surface area contributed by atoms with Crippen molar-refractivity contribution in [2.24, 2.45) is 0 Å². The molecule has 0 fully saturated rings. The number of halogens is 1. The van der Waals surface area contributed by atoms with Crippen LogP contribution in [0, 0.1) is 5.82 Å². The van der Waals surface area contributed by atoms with Crippen molar-refractivity contribution in [2.75, 3.05) is 7.05 Å². The van der Waals surface area contributed by atoms with Gasteiger partial charge in [0.25, 0.3) is 0 Å². The van der Waals surface area contributed by atoms with Crippen LogP contribution in [-0.4, -0.2) is 17.9 Å². The molecule has 0 aliphatic heterocycles. The molecule has 120 valence electrons. The number of nitrogens with zero attached hydrogens (tertiary/aromatic N) is 1. The molecular weight excluding hydrogens is 289 g/mol. The van der Waals surface area contributed by atoms with E-state index in [1.165, 1.54) is 36.1 Å². The van der Waals surface area contributed by atoms with E-state index in [-0.39, 0.29) is 11.7 Å². The van der Waals surface area contributed by atoms with Crippen LogP contribution in [0.25, 0.3) is 0 Å². The van der Waals surface area contributed by atoms with E-state index in [0.29, 0.717) is 13.0 Å². The Kier molecular flexibility index (Phi) is 4.75. The first-order valence-corrected chi connectivity index (χ1v) is 8.21. The molecule has 2 aromatic carbocycles. The number of fused-ring (bicyclic) bond motifs is 1. The summed E-state index contributed by atoms with van der Waals surface area (Å²) in [5, 5.41) is 0. The maximum atomic E-state index is 12.9. The van der Waals surface area contributed by atoms with E-state index in [9.17, 15) is 9.18 Å². The Bertz CT molecular complexity index is 693. The topological polar surface area (TPSA) is 20.3 Å². The van der Waals surface area contributed by atoms with Gasteiger partial charge in [-0.05, 0) is 60.1 Å². The number of hydrogen-bond donors (Lipinski definition) is 0. The van der Waals surface area contributed by atoms with Gasteiger partial charge in [-0.2, -0.15) is 0 Å². The summed E-state index contributed by atoms with van der Waals surface area (Å²) in [4.78, 5) is 14.1. The molecule has 1 aliphatic rings. The van der Waals surface area contributed by atoms with E-state index < -0.39 is 0 Å². The molecule has 3 heteroatoms. The highest BCUT2D eigenvalue weighted by Crippen LogP contribution is 2.22. The molecule has 0 unspecified atom stereocenters. The van der Waals surface area contributed by atoms with Gasteiger partial charge in [0, 0.05) is 13.6 Å². The summed E-state index contributed by atoms with van der Waals surface area (Å²) in [6.07, 6.45) is 5.22. The molecular formula is C20H22FNO. The minimum absolute atomic E-state index is 0.0880. The van der Waals surface area contributed by atoms with Crippen LogP contribution in [0.4, 0.5) is 4.39 Å². The van der Waals surface area contributed by atoms with Crippen LogP contribution in [0.5, 0.6) is 0 Å².